The van der Waals surface area contributed by atoms with Gasteiger partial charge in [-0.15, -0.1) is 5.10 Å². The average molecular weight is 343 g/mol. The Morgan fingerprint density at radius 1 is 1.24 bits per heavy atom. The molecule has 2 aliphatic heterocycles. The predicted molar refractivity (Wildman–Crippen MR) is 97.7 cm³/mol. The molecule has 0 aromatic carbocycles. The van der Waals surface area contributed by atoms with Gasteiger partial charge < -0.3 is 9.80 Å². The van der Waals surface area contributed by atoms with Crippen molar-refractivity contribution in [1.29, 1.82) is 0 Å². The highest BCUT2D eigenvalue weighted by Gasteiger charge is 2.33. The monoisotopic (exact) mass is 343 g/mol. The van der Waals surface area contributed by atoms with Crippen molar-refractivity contribution < 1.29 is 4.79 Å². The van der Waals surface area contributed by atoms with E-state index in [4.69, 9.17) is 0 Å². The fourth-order valence-electron chi connectivity index (χ4n) is 4.45. The van der Waals surface area contributed by atoms with E-state index in [-0.39, 0.29) is 5.91 Å². The summed E-state index contributed by atoms with van der Waals surface area (Å²) in [6, 6.07) is 2.83. The third-order valence-electron chi connectivity index (χ3n) is 6.13. The lowest BCUT2D eigenvalue weighted by atomic mass is 9.96. The van der Waals surface area contributed by atoms with Crippen LogP contribution >= 0.6 is 0 Å². The summed E-state index contributed by atoms with van der Waals surface area (Å²) in [6.07, 6.45) is 5.84. The smallest absolute Gasteiger partial charge is 0.219 e. The number of amides is 1. The molecule has 1 atom stereocenters. The van der Waals surface area contributed by atoms with E-state index in [2.05, 4.69) is 33.1 Å². The Labute approximate surface area is 150 Å². The van der Waals surface area contributed by atoms with Crippen LogP contribution in [0.3, 0.4) is 0 Å². The van der Waals surface area contributed by atoms with E-state index >= 15 is 0 Å². The van der Waals surface area contributed by atoms with Crippen LogP contribution in [0.2, 0.25) is 0 Å². The second-order valence-electron chi connectivity index (χ2n) is 8.00. The largest absolute Gasteiger partial charge is 0.352 e. The average Bonchev–Trinajstić information content (AvgIpc) is 3.01. The van der Waals surface area contributed by atoms with Crippen LogP contribution < -0.4 is 4.90 Å². The zero-order valence-corrected chi connectivity index (χ0v) is 15.4. The minimum atomic E-state index is 0.220. The highest BCUT2D eigenvalue weighted by Crippen LogP contribution is 2.27. The van der Waals surface area contributed by atoms with Crippen LogP contribution in [0.25, 0.3) is 0 Å². The Balaban J connectivity index is 1.28. The van der Waals surface area contributed by atoms with Crippen molar-refractivity contribution in [3.8, 4) is 0 Å². The van der Waals surface area contributed by atoms with Crippen LogP contribution in [0, 0.1) is 5.92 Å². The number of fused-ring (bicyclic) bond motifs is 1. The molecule has 1 aromatic rings. The highest BCUT2D eigenvalue weighted by atomic mass is 16.2. The van der Waals surface area contributed by atoms with Crippen molar-refractivity contribution in [3.05, 3.63) is 17.3 Å². The quantitative estimate of drug-likeness (QED) is 0.826. The number of likely N-dealkylation sites (tertiary alicyclic amines) is 1. The van der Waals surface area contributed by atoms with Crippen molar-refractivity contribution >= 4 is 11.7 Å². The number of nitrogens with zero attached hydrogens (tertiary/aromatic N) is 5. The van der Waals surface area contributed by atoms with Crippen molar-refractivity contribution in [1.82, 2.24) is 20.0 Å². The number of rotatable bonds is 4. The Bertz CT molecular complexity index is 643. The number of carbonyl (C=O) groups is 1. The van der Waals surface area contributed by atoms with Gasteiger partial charge in [0.25, 0.3) is 0 Å². The molecule has 0 radical (unpaired) electrons. The van der Waals surface area contributed by atoms with E-state index in [0.717, 1.165) is 57.8 Å². The van der Waals surface area contributed by atoms with Crippen LogP contribution in [0.5, 0.6) is 0 Å². The molecule has 1 unspecified atom stereocenters. The number of carbonyl (C=O) groups excluding carboxylic acids is 1. The van der Waals surface area contributed by atoms with Gasteiger partial charge in [0.2, 0.25) is 5.91 Å². The first kappa shape index (κ1) is 16.8. The molecule has 4 rings (SSSR count). The van der Waals surface area contributed by atoms with Crippen LogP contribution in [0.15, 0.2) is 6.07 Å². The number of likely N-dealkylation sites (N-methyl/N-ethyl adjacent to an activating group) is 1. The maximum absolute atomic E-state index is 11.6. The summed E-state index contributed by atoms with van der Waals surface area (Å²) < 4.78 is 0. The van der Waals surface area contributed by atoms with Gasteiger partial charge in [-0.25, -0.2) is 0 Å². The predicted octanol–water partition coefficient (Wildman–Crippen LogP) is 1.34. The van der Waals surface area contributed by atoms with Gasteiger partial charge in [0.15, 0.2) is 5.82 Å². The van der Waals surface area contributed by atoms with Crippen molar-refractivity contribution in [2.75, 3.05) is 44.7 Å². The molecule has 3 aliphatic rings. The van der Waals surface area contributed by atoms with E-state index in [1.165, 1.54) is 24.1 Å². The molecule has 0 spiro atoms. The summed E-state index contributed by atoms with van der Waals surface area (Å²) in [7, 11) is 2.23. The van der Waals surface area contributed by atoms with Crippen LogP contribution in [0.1, 0.15) is 37.4 Å². The summed E-state index contributed by atoms with van der Waals surface area (Å²) in [5, 5.41) is 8.83. The van der Waals surface area contributed by atoms with Gasteiger partial charge in [-0.1, -0.05) is 0 Å². The summed E-state index contributed by atoms with van der Waals surface area (Å²) in [6.45, 7) is 6.70. The van der Waals surface area contributed by atoms with Gasteiger partial charge in [0.1, 0.15) is 0 Å². The summed E-state index contributed by atoms with van der Waals surface area (Å²) >= 11 is 0. The Kier molecular flexibility index (Phi) is 4.63. The van der Waals surface area contributed by atoms with Crippen LogP contribution in [-0.4, -0.2) is 71.7 Å². The Hall–Kier alpha value is -1.69. The topological polar surface area (TPSA) is 52.6 Å². The lowest BCUT2D eigenvalue weighted by Crippen LogP contribution is -2.60. The number of anilines is 1. The molecule has 0 saturated carbocycles. The molecular formula is C19H29N5O. The van der Waals surface area contributed by atoms with Gasteiger partial charge in [-0.2, -0.15) is 5.10 Å². The number of hydrogen-bond donors (Lipinski definition) is 0. The maximum Gasteiger partial charge on any atom is 0.219 e. The number of hydrogen-bond acceptors (Lipinski definition) is 5. The molecule has 1 aliphatic carbocycles. The molecule has 136 valence electrons. The van der Waals surface area contributed by atoms with E-state index in [1.807, 2.05) is 4.90 Å². The van der Waals surface area contributed by atoms with E-state index in [9.17, 15) is 4.79 Å². The highest BCUT2D eigenvalue weighted by molar-refractivity contribution is 5.73. The van der Waals surface area contributed by atoms with Crippen molar-refractivity contribution in [2.24, 2.45) is 5.92 Å². The van der Waals surface area contributed by atoms with Crippen molar-refractivity contribution in [3.63, 3.8) is 0 Å². The Morgan fingerprint density at radius 3 is 2.88 bits per heavy atom. The standard InChI is InChI=1S/C19H29N5O/c1-14(25)23-8-4-5-15(11-23)10-22(2)17-12-24(13-17)19-9-16-6-3-7-18(16)20-21-19/h9,15,17H,3-8,10-13H2,1-2H3. The van der Waals surface area contributed by atoms with Crippen LogP contribution in [-0.2, 0) is 17.6 Å². The zero-order valence-electron chi connectivity index (χ0n) is 15.4. The van der Waals surface area contributed by atoms with E-state index < -0.39 is 0 Å². The maximum atomic E-state index is 11.6. The SMILES string of the molecule is CC(=O)N1CCCC(CN(C)C2CN(c3cc4c(nn3)CCC4)C2)C1. The number of piperidine rings is 1. The minimum Gasteiger partial charge on any atom is -0.352 e. The summed E-state index contributed by atoms with van der Waals surface area (Å²) in [5.41, 5.74) is 2.60. The van der Waals surface area contributed by atoms with E-state index in [1.54, 1.807) is 6.92 Å². The molecule has 1 aromatic heterocycles. The Morgan fingerprint density at radius 2 is 2.08 bits per heavy atom. The van der Waals surface area contributed by atoms with Gasteiger partial charge in [-0.05, 0) is 56.7 Å². The minimum absolute atomic E-state index is 0.220. The van der Waals surface area contributed by atoms with Gasteiger partial charge in [0, 0.05) is 45.7 Å². The molecule has 2 saturated heterocycles. The lowest BCUT2D eigenvalue weighted by Gasteiger charge is -2.46. The number of aromatic nitrogens is 2. The third-order valence-corrected chi connectivity index (χ3v) is 6.13. The summed E-state index contributed by atoms with van der Waals surface area (Å²) in [5.74, 6) is 1.87. The van der Waals surface area contributed by atoms with Gasteiger partial charge in [0.05, 0.1) is 5.69 Å². The second-order valence-corrected chi connectivity index (χ2v) is 8.00. The molecule has 6 nitrogen and oxygen atoms in total. The fourth-order valence-corrected chi connectivity index (χ4v) is 4.45. The molecular weight excluding hydrogens is 314 g/mol. The molecule has 25 heavy (non-hydrogen) atoms. The first-order chi connectivity index (χ1) is 12.1. The van der Waals surface area contributed by atoms with Crippen LogP contribution in [0.4, 0.5) is 5.82 Å². The second kappa shape index (κ2) is 6.90. The van der Waals surface area contributed by atoms with Crippen molar-refractivity contribution in [2.45, 2.75) is 45.1 Å². The van der Waals surface area contributed by atoms with Gasteiger partial charge >= 0.3 is 0 Å². The molecule has 2 fully saturated rings. The molecule has 0 N–H and O–H groups in total. The fraction of sp³-hybridized carbons (Fsp3) is 0.737. The first-order valence-electron chi connectivity index (χ1n) is 9.66. The molecule has 3 heterocycles. The number of aryl methyl sites for hydroxylation is 2. The third kappa shape index (κ3) is 3.50. The molecule has 6 heteroatoms. The molecule has 0 bridgehead atoms. The molecule has 1 amide bonds. The van der Waals surface area contributed by atoms with E-state index in [0.29, 0.717) is 12.0 Å². The lowest BCUT2D eigenvalue weighted by molar-refractivity contribution is -0.130. The van der Waals surface area contributed by atoms with Gasteiger partial charge in [-0.3, -0.25) is 9.69 Å². The first-order valence-corrected chi connectivity index (χ1v) is 9.66. The normalized spacial score (nSPS) is 23.7. The summed E-state index contributed by atoms with van der Waals surface area (Å²) in [4.78, 5) is 18.4. The zero-order chi connectivity index (χ0) is 17.4.